The highest BCUT2D eigenvalue weighted by molar-refractivity contribution is 14.1. The van der Waals surface area contributed by atoms with Gasteiger partial charge in [-0.3, -0.25) is 4.98 Å². The number of halogens is 1. The third-order valence-electron chi connectivity index (χ3n) is 11.0. The third kappa shape index (κ3) is 4.26. The molecule has 1 N–H and O–H groups in total. The van der Waals surface area contributed by atoms with Gasteiger partial charge in [0, 0.05) is 18.4 Å². The summed E-state index contributed by atoms with van der Waals surface area (Å²) in [7, 11) is 0. The second-order valence-corrected chi connectivity index (χ2v) is 13.8. The van der Waals surface area contributed by atoms with Gasteiger partial charge in [0.1, 0.15) is 0 Å². The smallest absolute Gasteiger partial charge is 0.0528 e. The van der Waals surface area contributed by atoms with E-state index < -0.39 is 0 Å². The van der Waals surface area contributed by atoms with E-state index in [-0.39, 0.29) is 0 Å². The average molecular weight is 549 g/mol. The molecule has 4 saturated carbocycles. The number of anilines is 1. The van der Waals surface area contributed by atoms with E-state index in [0.717, 1.165) is 35.5 Å². The Balaban J connectivity index is 1.26. The largest absolute Gasteiger partial charge is 0.381 e. The van der Waals surface area contributed by atoms with Crippen LogP contribution in [0, 0.1) is 46.3 Å². The second kappa shape index (κ2) is 9.38. The van der Waals surface area contributed by atoms with Crippen LogP contribution in [0.25, 0.3) is 0 Å². The van der Waals surface area contributed by atoms with Crippen molar-refractivity contribution in [3.8, 4) is 0 Å². The van der Waals surface area contributed by atoms with Crippen molar-refractivity contribution in [3.63, 3.8) is 0 Å². The van der Waals surface area contributed by atoms with E-state index >= 15 is 0 Å². The first-order valence-corrected chi connectivity index (χ1v) is 15.2. The molecule has 1 heterocycles. The number of nitrogens with one attached hydrogen (secondary N) is 1. The number of aromatic nitrogens is 1. The second-order valence-electron chi connectivity index (χ2n) is 12.7. The molecule has 4 aliphatic rings. The Morgan fingerprint density at radius 2 is 1.91 bits per heavy atom. The van der Waals surface area contributed by atoms with Crippen LogP contribution < -0.4 is 5.32 Å². The molecule has 0 aromatic carbocycles. The SMILES string of the molecule is C[C@H](Nc1cccnc1)[C@H]1CC[C@H]2[C@@H]3CC[C@@H]4C[C@](C)(CCCI)CC[C@@H]4[C@H]3CC[C@]12C. The Bertz CT molecular complexity index is 768. The molecule has 4 fully saturated rings. The van der Waals surface area contributed by atoms with E-state index in [4.69, 9.17) is 0 Å². The summed E-state index contributed by atoms with van der Waals surface area (Å²) in [5.41, 5.74) is 2.37. The normalized spacial score (nSPS) is 44.2. The van der Waals surface area contributed by atoms with Crippen molar-refractivity contribution in [2.24, 2.45) is 46.3 Å². The summed E-state index contributed by atoms with van der Waals surface area (Å²) in [6, 6.07) is 4.76. The zero-order chi connectivity index (χ0) is 22.3. The predicted octanol–water partition coefficient (Wildman–Crippen LogP) is 8.37. The van der Waals surface area contributed by atoms with Crippen molar-refractivity contribution in [2.45, 2.75) is 97.4 Å². The Labute approximate surface area is 210 Å². The van der Waals surface area contributed by atoms with Gasteiger partial charge in [-0.05, 0) is 140 Å². The van der Waals surface area contributed by atoms with Crippen molar-refractivity contribution < 1.29 is 0 Å². The van der Waals surface area contributed by atoms with Crippen molar-refractivity contribution in [1.82, 2.24) is 4.98 Å². The van der Waals surface area contributed by atoms with Gasteiger partial charge in [0.25, 0.3) is 0 Å². The zero-order valence-electron chi connectivity index (χ0n) is 20.7. The first-order chi connectivity index (χ1) is 15.4. The Kier molecular flexibility index (Phi) is 6.87. The van der Waals surface area contributed by atoms with Crippen LogP contribution in [0.15, 0.2) is 24.5 Å². The van der Waals surface area contributed by atoms with Crippen LogP contribution in [0.2, 0.25) is 0 Å². The monoisotopic (exact) mass is 548 g/mol. The van der Waals surface area contributed by atoms with Crippen molar-refractivity contribution in [1.29, 1.82) is 0 Å². The molecule has 9 atom stereocenters. The van der Waals surface area contributed by atoms with Crippen LogP contribution in [0.1, 0.15) is 91.4 Å². The molecule has 0 saturated heterocycles. The maximum absolute atomic E-state index is 4.32. The molecule has 4 aliphatic carbocycles. The molecular weight excluding hydrogens is 503 g/mol. The highest BCUT2D eigenvalue weighted by atomic mass is 127. The number of alkyl halides is 1. The molecule has 0 amide bonds. The van der Waals surface area contributed by atoms with E-state index in [9.17, 15) is 0 Å². The fourth-order valence-electron chi connectivity index (χ4n) is 9.58. The van der Waals surface area contributed by atoms with Gasteiger partial charge in [0.15, 0.2) is 0 Å². The molecule has 0 unspecified atom stereocenters. The number of nitrogens with zero attached hydrogens (tertiary/aromatic N) is 1. The van der Waals surface area contributed by atoms with Gasteiger partial charge >= 0.3 is 0 Å². The van der Waals surface area contributed by atoms with Crippen molar-refractivity contribution in [3.05, 3.63) is 24.5 Å². The average Bonchev–Trinajstić information content (AvgIpc) is 3.15. The summed E-state index contributed by atoms with van der Waals surface area (Å²) in [5, 5.41) is 3.82. The van der Waals surface area contributed by atoms with Gasteiger partial charge in [-0.25, -0.2) is 0 Å². The van der Waals surface area contributed by atoms with Crippen LogP contribution >= 0.6 is 22.6 Å². The topological polar surface area (TPSA) is 24.9 Å². The first kappa shape index (κ1) is 23.4. The van der Waals surface area contributed by atoms with Crippen molar-refractivity contribution >= 4 is 28.3 Å². The van der Waals surface area contributed by atoms with Gasteiger partial charge in [-0.1, -0.05) is 36.4 Å². The van der Waals surface area contributed by atoms with Crippen LogP contribution in [0.4, 0.5) is 5.69 Å². The summed E-state index contributed by atoms with van der Waals surface area (Å²) >= 11 is 2.57. The summed E-state index contributed by atoms with van der Waals surface area (Å²) in [6.45, 7) is 7.74. The third-order valence-corrected chi connectivity index (χ3v) is 11.8. The summed E-state index contributed by atoms with van der Waals surface area (Å²) in [6.07, 6.45) is 20.3. The maximum atomic E-state index is 4.32. The van der Waals surface area contributed by atoms with Gasteiger partial charge in [0.05, 0.1) is 5.69 Å². The minimum absolute atomic E-state index is 0.534. The van der Waals surface area contributed by atoms with Gasteiger partial charge < -0.3 is 5.32 Å². The first-order valence-electron chi connectivity index (χ1n) is 13.7. The molecule has 2 nitrogen and oxygen atoms in total. The van der Waals surface area contributed by atoms with Crippen LogP contribution in [-0.4, -0.2) is 15.5 Å². The molecule has 5 rings (SSSR count). The number of pyridine rings is 1. The van der Waals surface area contributed by atoms with E-state index in [1.807, 2.05) is 12.4 Å². The minimum atomic E-state index is 0.534. The van der Waals surface area contributed by atoms with E-state index in [1.165, 1.54) is 80.7 Å². The molecular formula is C29H45IN2. The molecule has 1 aromatic heterocycles. The minimum Gasteiger partial charge on any atom is -0.381 e. The fraction of sp³-hybridized carbons (Fsp3) is 0.828. The molecule has 0 radical (unpaired) electrons. The molecule has 1 aromatic rings. The molecule has 0 aliphatic heterocycles. The van der Waals surface area contributed by atoms with E-state index in [1.54, 1.807) is 0 Å². The highest BCUT2D eigenvalue weighted by Gasteiger charge is 2.58. The Morgan fingerprint density at radius 1 is 1.06 bits per heavy atom. The Hall–Kier alpha value is -0.320. The molecule has 0 spiro atoms. The number of fused-ring (bicyclic) bond motifs is 5. The highest BCUT2D eigenvalue weighted by Crippen LogP contribution is 2.65. The van der Waals surface area contributed by atoms with Gasteiger partial charge in [-0.2, -0.15) is 0 Å². The maximum Gasteiger partial charge on any atom is 0.0528 e. The quantitative estimate of drug-likeness (QED) is 0.285. The molecule has 0 bridgehead atoms. The van der Waals surface area contributed by atoms with Gasteiger partial charge in [0.2, 0.25) is 0 Å². The number of rotatable bonds is 6. The van der Waals surface area contributed by atoms with E-state index in [0.29, 0.717) is 16.9 Å². The zero-order valence-corrected chi connectivity index (χ0v) is 22.8. The fourth-order valence-corrected chi connectivity index (χ4v) is 9.96. The molecule has 178 valence electrons. The lowest BCUT2D eigenvalue weighted by Gasteiger charge is -2.58. The molecule has 32 heavy (non-hydrogen) atoms. The van der Waals surface area contributed by atoms with Gasteiger partial charge in [-0.15, -0.1) is 0 Å². The number of hydrogen-bond acceptors (Lipinski definition) is 2. The summed E-state index contributed by atoms with van der Waals surface area (Å²) in [5.74, 6) is 5.92. The summed E-state index contributed by atoms with van der Waals surface area (Å²) < 4.78 is 1.33. The lowest BCUT2D eigenvalue weighted by atomic mass is 9.48. The molecule has 3 heteroatoms. The summed E-state index contributed by atoms with van der Waals surface area (Å²) in [4.78, 5) is 4.32. The lowest BCUT2D eigenvalue weighted by Crippen LogP contribution is -2.50. The Morgan fingerprint density at radius 3 is 2.69 bits per heavy atom. The van der Waals surface area contributed by atoms with Crippen LogP contribution in [-0.2, 0) is 0 Å². The number of hydrogen-bond donors (Lipinski definition) is 1. The van der Waals surface area contributed by atoms with Crippen LogP contribution in [0.3, 0.4) is 0 Å². The lowest BCUT2D eigenvalue weighted by molar-refractivity contribution is -0.0798. The predicted molar refractivity (Wildman–Crippen MR) is 144 cm³/mol. The van der Waals surface area contributed by atoms with Crippen molar-refractivity contribution in [2.75, 3.05) is 9.74 Å². The van der Waals surface area contributed by atoms with E-state index in [2.05, 4.69) is 65.8 Å². The standard InChI is InChI=1S/C29H45IN2/c1-20(32-22-6-4-17-31-19-22)26-9-10-27-25-8-7-21-18-28(2,13-5-16-30)14-11-23(21)24(25)12-15-29(26,27)3/h4,6,17,19-21,23-27,32H,5,7-16,18H2,1-3H3/t20-,21+,23-,24+,25+,26+,27-,28+,29+/m0/s1. The van der Waals surface area contributed by atoms with Crippen LogP contribution in [0.5, 0.6) is 0 Å².